The molecule has 0 saturated carbocycles. The number of hydrogen-bond donors (Lipinski definition) is 1. The van der Waals surface area contributed by atoms with Gasteiger partial charge in [-0.3, -0.25) is 9.59 Å². The van der Waals surface area contributed by atoms with Gasteiger partial charge in [0.1, 0.15) is 6.04 Å². The Balaban J connectivity index is 2.28. The van der Waals surface area contributed by atoms with Crippen LogP contribution in [0.2, 0.25) is 0 Å². The van der Waals surface area contributed by atoms with Gasteiger partial charge >= 0.3 is 0 Å². The molecule has 2 amide bonds. The Labute approximate surface area is 125 Å². The molecule has 2 rings (SSSR count). The van der Waals surface area contributed by atoms with Crippen LogP contribution in [0, 0.1) is 0 Å². The average molecular weight is 314 g/mol. The molecule has 0 bridgehead atoms. The number of benzene rings is 1. The van der Waals surface area contributed by atoms with E-state index in [1.807, 2.05) is 6.92 Å². The lowest BCUT2D eigenvalue weighted by atomic mass is 10.1. The molecule has 0 aliphatic carbocycles. The maximum absolute atomic E-state index is 12.6. The third kappa shape index (κ3) is 3.53. The summed E-state index contributed by atoms with van der Waals surface area (Å²) in [5, 5.41) is 2.71. The molecule has 1 unspecified atom stereocenters. The SMILES string of the molecule is CCC1C(=O)NCCN1C(=O)c1ccccc1SC(F)F. The van der Waals surface area contributed by atoms with Crippen molar-refractivity contribution >= 4 is 23.6 Å². The Kier molecular flexibility index (Phi) is 5.17. The van der Waals surface area contributed by atoms with Crippen molar-refractivity contribution in [1.29, 1.82) is 0 Å². The summed E-state index contributed by atoms with van der Waals surface area (Å²) < 4.78 is 25.2. The van der Waals surface area contributed by atoms with E-state index >= 15 is 0 Å². The topological polar surface area (TPSA) is 49.4 Å². The Morgan fingerprint density at radius 3 is 2.86 bits per heavy atom. The Bertz CT molecular complexity index is 539. The quantitative estimate of drug-likeness (QED) is 0.868. The molecule has 7 heteroatoms. The summed E-state index contributed by atoms with van der Waals surface area (Å²) in [7, 11) is 0. The summed E-state index contributed by atoms with van der Waals surface area (Å²) >= 11 is 0.346. The van der Waals surface area contributed by atoms with Gasteiger partial charge in [0, 0.05) is 18.0 Å². The van der Waals surface area contributed by atoms with Gasteiger partial charge in [-0.15, -0.1) is 0 Å². The number of carbonyl (C=O) groups excluding carboxylic acids is 2. The van der Waals surface area contributed by atoms with E-state index in [0.717, 1.165) is 0 Å². The first-order chi connectivity index (χ1) is 10.0. The number of piperazine rings is 1. The minimum atomic E-state index is -2.59. The molecule has 1 fully saturated rings. The predicted molar refractivity (Wildman–Crippen MR) is 76.4 cm³/mol. The van der Waals surface area contributed by atoms with Crippen molar-refractivity contribution in [2.45, 2.75) is 30.0 Å². The zero-order valence-corrected chi connectivity index (χ0v) is 12.3. The fraction of sp³-hybridized carbons (Fsp3) is 0.429. The van der Waals surface area contributed by atoms with Crippen LogP contribution in [-0.4, -0.2) is 41.6 Å². The Morgan fingerprint density at radius 1 is 1.48 bits per heavy atom. The van der Waals surface area contributed by atoms with Gasteiger partial charge in [-0.05, 0) is 18.6 Å². The standard InChI is InChI=1S/C14H16F2N2O2S/c1-2-10-12(19)17-7-8-18(10)13(20)9-5-3-4-6-11(9)21-14(15)16/h3-6,10,14H,2,7-8H2,1H3,(H,17,19). The molecule has 0 spiro atoms. The van der Waals surface area contributed by atoms with Gasteiger partial charge in [0.25, 0.3) is 11.7 Å². The fourth-order valence-electron chi connectivity index (χ4n) is 2.36. The van der Waals surface area contributed by atoms with E-state index in [1.54, 1.807) is 12.1 Å². The summed E-state index contributed by atoms with van der Waals surface area (Å²) in [4.78, 5) is 26.1. The monoisotopic (exact) mass is 314 g/mol. The van der Waals surface area contributed by atoms with Crippen LogP contribution >= 0.6 is 11.8 Å². The lowest BCUT2D eigenvalue weighted by molar-refractivity contribution is -0.127. The van der Waals surface area contributed by atoms with Gasteiger partial charge in [0.15, 0.2) is 0 Å². The van der Waals surface area contributed by atoms with Gasteiger partial charge in [0.05, 0.1) is 5.56 Å². The molecule has 1 saturated heterocycles. The molecule has 21 heavy (non-hydrogen) atoms. The molecule has 1 aliphatic rings. The highest BCUT2D eigenvalue weighted by Crippen LogP contribution is 2.29. The summed E-state index contributed by atoms with van der Waals surface area (Å²) in [6, 6.07) is 5.72. The molecule has 1 aromatic rings. The smallest absolute Gasteiger partial charge is 0.288 e. The van der Waals surface area contributed by atoms with Crippen molar-refractivity contribution in [3.05, 3.63) is 29.8 Å². The van der Waals surface area contributed by atoms with Gasteiger partial charge in [-0.25, -0.2) is 0 Å². The van der Waals surface area contributed by atoms with Crippen molar-refractivity contribution in [3.63, 3.8) is 0 Å². The summed E-state index contributed by atoms with van der Waals surface area (Å²) in [5.74, 6) is -3.16. The van der Waals surface area contributed by atoms with E-state index in [-0.39, 0.29) is 22.3 Å². The number of amides is 2. The highest BCUT2D eigenvalue weighted by molar-refractivity contribution is 7.99. The van der Waals surface area contributed by atoms with E-state index in [4.69, 9.17) is 0 Å². The summed E-state index contributed by atoms with van der Waals surface area (Å²) in [6.45, 7) is 2.58. The normalized spacial score (nSPS) is 18.8. The Hall–Kier alpha value is -1.63. The van der Waals surface area contributed by atoms with Crippen molar-refractivity contribution in [2.24, 2.45) is 0 Å². The number of carbonyl (C=O) groups is 2. The molecule has 1 heterocycles. The van der Waals surface area contributed by atoms with Crippen molar-refractivity contribution < 1.29 is 18.4 Å². The highest BCUT2D eigenvalue weighted by atomic mass is 32.2. The average Bonchev–Trinajstić information content (AvgIpc) is 2.46. The summed E-state index contributed by atoms with van der Waals surface area (Å²) in [5.41, 5.74) is 0.218. The van der Waals surface area contributed by atoms with E-state index in [1.165, 1.54) is 17.0 Å². The molecular formula is C14H16F2N2O2S. The molecule has 4 nitrogen and oxygen atoms in total. The van der Waals surface area contributed by atoms with Gasteiger partial charge in [-0.1, -0.05) is 30.8 Å². The highest BCUT2D eigenvalue weighted by Gasteiger charge is 2.33. The third-order valence-corrected chi connectivity index (χ3v) is 4.10. The molecular weight excluding hydrogens is 298 g/mol. The summed E-state index contributed by atoms with van der Waals surface area (Å²) in [6.07, 6.45) is 0.488. The van der Waals surface area contributed by atoms with Crippen LogP contribution in [0.1, 0.15) is 23.7 Å². The van der Waals surface area contributed by atoms with E-state index in [9.17, 15) is 18.4 Å². The predicted octanol–water partition coefficient (Wildman–Crippen LogP) is 2.35. The number of nitrogens with one attached hydrogen (secondary N) is 1. The van der Waals surface area contributed by atoms with Crippen molar-refractivity contribution in [1.82, 2.24) is 10.2 Å². The first kappa shape index (κ1) is 15.8. The van der Waals surface area contributed by atoms with Crippen LogP contribution < -0.4 is 5.32 Å². The largest absolute Gasteiger partial charge is 0.353 e. The van der Waals surface area contributed by atoms with Crippen LogP contribution in [0.3, 0.4) is 0 Å². The second-order valence-corrected chi connectivity index (χ2v) is 5.62. The first-order valence-corrected chi connectivity index (χ1v) is 7.55. The first-order valence-electron chi connectivity index (χ1n) is 6.67. The molecule has 1 atom stereocenters. The third-order valence-electron chi connectivity index (χ3n) is 3.31. The van der Waals surface area contributed by atoms with Crippen LogP contribution in [0.5, 0.6) is 0 Å². The Morgan fingerprint density at radius 2 is 2.19 bits per heavy atom. The number of nitrogens with zero attached hydrogens (tertiary/aromatic N) is 1. The molecule has 0 aromatic heterocycles. The number of halogens is 2. The number of rotatable bonds is 4. The van der Waals surface area contributed by atoms with E-state index < -0.39 is 11.8 Å². The lowest BCUT2D eigenvalue weighted by Crippen LogP contribution is -2.56. The minimum Gasteiger partial charge on any atom is -0.353 e. The number of hydrogen-bond acceptors (Lipinski definition) is 3. The van der Waals surface area contributed by atoms with Crippen LogP contribution in [0.4, 0.5) is 8.78 Å². The maximum Gasteiger partial charge on any atom is 0.288 e. The van der Waals surface area contributed by atoms with Crippen LogP contribution in [0.15, 0.2) is 29.2 Å². The molecule has 1 aromatic carbocycles. The lowest BCUT2D eigenvalue weighted by Gasteiger charge is -2.34. The van der Waals surface area contributed by atoms with Crippen molar-refractivity contribution in [2.75, 3.05) is 13.1 Å². The molecule has 1 aliphatic heterocycles. The van der Waals surface area contributed by atoms with Gasteiger partial charge in [-0.2, -0.15) is 8.78 Å². The van der Waals surface area contributed by atoms with Crippen LogP contribution in [-0.2, 0) is 4.79 Å². The molecule has 114 valence electrons. The van der Waals surface area contributed by atoms with Crippen LogP contribution in [0.25, 0.3) is 0 Å². The van der Waals surface area contributed by atoms with E-state index in [2.05, 4.69) is 5.32 Å². The second-order valence-electron chi connectivity index (χ2n) is 4.59. The zero-order chi connectivity index (χ0) is 15.4. The molecule has 1 N–H and O–H groups in total. The number of alkyl halides is 2. The minimum absolute atomic E-state index is 0.198. The van der Waals surface area contributed by atoms with Gasteiger partial charge in [0.2, 0.25) is 5.91 Å². The van der Waals surface area contributed by atoms with E-state index in [0.29, 0.717) is 31.3 Å². The molecule has 0 radical (unpaired) electrons. The second kappa shape index (κ2) is 6.89. The van der Waals surface area contributed by atoms with Crippen molar-refractivity contribution in [3.8, 4) is 0 Å². The van der Waals surface area contributed by atoms with Gasteiger partial charge < -0.3 is 10.2 Å². The number of thioether (sulfide) groups is 1. The zero-order valence-electron chi connectivity index (χ0n) is 11.5. The maximum atomic E-state index is 12.6. The fourth-order valence-corrected chi connectivity index (χ4v) is 2.99.